The van der Waals surface area contributed by atoms with Crippen molar-refractivity contribution < 1.29 is 27.7 Å². The van der Waals surface area contributed by atoms with Crippen molar-refractivity contribution in [2.75, 3.05) is 6.54 Å². The Kier molecular flexibility index (Phi) is 8.46. The Morgan fingerprint density at radius 1 is 1.16 bits per heavy atom. The van der Waals surface area contributed by atoms with Gasteiger partial charge in [-0.15, -0.1) is 0 Å². The third kappa shape index (κ3) is 6.07. The van der Waals surface area contributed by atoms with Crippen molar-refractivity contribution in [3.05, 3.63) is 53.6 Å². The predicted molar refractivity (Wildman–Crippen MR) is 96.8 cm³/mol. The van der Waals surface area contributed by atoms with Gasteiger partial charge in [0, 0.05) is 18.7 Å². The minimum Gasteiger partial charge on any atom is -1.00 e. The maximum Gasteiger partial charge on any atom is 0.255 e. The Morgan fingerprint density at radius 3 is 2.44 bits per heavy atom. The van der Waals surface area contributed by atoms with Crippen molar-refractivity contribution >= 4 is 11.6 Å². The molecule has 25 heavy (non-hydrogen) atoms. The lowest BCUT2D eigenvalue weighted by Crippen LogP contribution is -3.00. The molecule has 0 fully saturated rings. The van der Waals surface area contributed by atoms with Crippen LogP contribution in [0.2, 0.25) is 0 Å². The molecule has 4 N–H and O–H groups in total. The van der Waals surface area contributed by atoms with Gasteiger partial charge >= 0.3 is 0 Å². The van der Waals surface area contributed by atoms with Crippen LogP contribution >= 0.6 is 0 Å². The van der Waals surface area contributed by atoms with Crippen LogP contribution in [0, 0.1) is 0 Å². The summed E-state index contributed by atoms with van der Waals surface area (Å²) in [5, 5.41) is 2.93. The van der Waals surface area contributed by atoms with Gasteiger partial charge in [-0.25, -0.2) is 0 Å². The van der Waals surface area contributed by atoms with Gasteiger partial charge in [-0.1, -0.05) is 39.3 Å². The predicted octanol–water partition coefficient (Wildman–Crippen LogP) is 1.01. The summed E-state index contributed by atoms with van der Waals surface area (Å²) in [5.41, 5.74) is 6.47. The fraction of sp³-hybridized carbons (Fsp3) is 0.350. The van der Waals surface area contributed by atoms with Crippen molar-refractivity contribution in [2.45, 2.75) is 39.5 Å². The van der Waals surface area contributed by atoms with E-state index in [-0.39, 0.29) is 18.3 Å². The lowest BCUT2D eigenvalue weighted by Gasteiger charge is -2.12. The second-order valence-corrected chi connectivity index (χ2v) is 6.27. The highest BCUT2D eigenvalue weighted by molar-refractivity contribution is 5.97. The molecule has 0 atom stereocenters. The van der Waals surface area contributed by atoms with E-state index in [0.29, 0.717) is 23.8 Å². The maximum absolute atomic E-state index is 12.4. The van der Waals surface area contributed by atoms with E-state index in [0.717, 1.165) is 24.3 Å². The number of hydrogen-bond donors (Lipinski definition) is 2. The Labute approximate surface area is 156 Å². The molecule has 0 radical (unpaired) electrons. The molecule has 0 heterocycles. The summed E-state index contributed by atoms with van der Waals surface area (Å²) < 4.78 is 5.94. The molecule has 4 nitrogen and oxygen atoms in total. The Morgan fingerprint density at radius 2 is 1.84 bits per heavy atom. The van der Waals surface area contributed by atoms with E-state index in [9.17, 15) is 4.79 Å². The number of unbranched alkanes of at least 4 members (excludes halogenated alkanes) is 1. The van der Waals surface area contributed by atoms with Crippen LogP contribution in [0.4, 0.5) is 5.69 Å². The molecule has 0 aliphatic heterocycles. The molecule has 2 rings (SSSR count). The number of quaternary nitrogens is 1. The van der Waals surface area contributed by atoms with Gasteiger partial charge in [-0.05, 0) is 36.1 Å². The number of rotatable bonds is 7. The molecule has 0 aromatic heterocycles. The van der Waals surface area contributed by atoms with E-state index >= 15 is 0 Å². The molecule has 0 aliphatic rings. The van der Waals surface area contributed by atoms with Crippen LogP contribution in [0.15, 0.2) is 42.5 Å². The Hall–Kier alpha value is -2.04. The molecule has 0 saturated heterocycles. The SMILES string of the molecule is CCCCNC(=O)c1cc([NH3+])ccc1Oc1ccc(C(C)C)cc1.[Cl-]. The molecule has 5 heteroatoms. The lowest BCUT2D eigenvalue weighted by atomic mass is 10.0. The van der Waals surface area contributed by atoms with Gasteiger partial charge in [0.15, 0.2) is 0 Å². The van der Waals surface area contributed by atoms with Gasteiger partial charge in [0.2, 0.25) is 0 Å². The molecular formula is C20H27ClN2O2. The first-order valence-electron chi connectivity index (χ1n) is 8.53. The molecule has 0 bridgehead atoms. The van der Waals surface area contributed by atoms with Crippen molar-refractivity contribution in [3.8, 4) is 11.5 Å². The minimum absolute atomic E-state index is 0. The van der Waals surface area contributed by atoms with Gasteiger partial charge in [-0.3, -0.25) is 4.79 Å². The summed E-state index contributed by atoms with van der Waals surface area (Å²) in [6.07, 6.45) is 2.00. The first kappa shape index (κ1) is 21.0. The summed E-state index contributed by atoms with van der Waals surface area (Å²) in [7, 11) is 0. The van der Waals surface area contributed by atoms with Crippen molar-refractivity contribution in [1.82, 2.24) is 5.32 Å². The summed E-state index contributed by atoms with van der Waals surface area (Å²) in [5.74, 6) is 1.62. The number of carbonyl (C=O) groups excluding carboxylic acids is 1. The number of ether oxygens (including phenoxy) is 1. The Balaban J connectivity index is 0.00000312. The molecular weight excluding hydrogens is 336 g/mol. The highest BCUT2D eigenvalue weighted by Crippen LogP contribution is 2.28. The summed E-state index contributed by atoms with van der Waals surface area (Å²) >= 11 is 0. The zero-order chi connectivity index (χ0) is 17.5. The fourth-order valence-corrected chi connectivity index (χ4v) is 2.37. The summed E-state index contributed by atoms with van der Waals surface area (Å²) in [6, 6.07) is 13.4. The number of nitrogens with one attached hydrogen (secondary N) is 1. The number of benzene rings is 2. The second kappa shape index (κ2) is 10.1. The third-order valence-corrected chi connectivity index (χ3v) is 3.88. The van der Waals surface area contributed by atoms with E-state index in [2.05, 4.69) is 44.0 Å². The third-order valence-electron chi connectivity index (χ3n) is 3.88. The number of amides is 1. The molecule has 1 amide bonds. The van der Waals surface area contributed by atoms with Crippen LogP contribution in [0.25, 0.3) is 0 Å². The number of carbonyl (C=O) groups is 1. The van der Waals surface area contributed by atoms with Crippen LogP contribution < -0.4 is 28.2 Å². The highest BCUT2D eigenvalue weighted by atomic mass is 35.5. The van der Waals surface area contributed by atoms with Crippen LogP contribution in [-0.4, -0.2) is 12.5 Å². The quantitative estimate of drug-likeness (QED) is 0.722. The molecule has 0 aliphatic carbocycles. The maximum atomic E-state index is 12.4. The average Bonchev–Trinajstić information content (AvgIpc) is 2.57. The van der Waals surface area contributed by atoms with Gasteiger partial charge in [0.1, 0.15) is 17.2 Å². The number of hydrogen-bond acceptors (Lipinski definition) is 2. The summed E-state index contributed by atoms with van der Waals surface area (Å²) in [4.78, 5) is 12.4. The van der Waals surface area contributed by atoms with Crippen molar-refractivity contribution in [1.29, 1.82) is 0 Å². The Bertz CT molecular complexity index is 685. The molecule has 2 aromatic rings. The normalized spacial score (nSPS) is 10.3. The van der Waals surface area contributed by atoms with Crippen molar-refractivity contribution in [2.24, 2.45) is 0 Å². The molecule has 2 aromatic carbocycles. The van der Waals surface area contributed by atoms with Gasteiger partial charge in [-0.2, -0.15) is 0 Å². The van der Waals surface area contributed by atoms with Crippen LogP contribution in [0.1, 0.15) is 55.5 Å². The van der Waals surface area contributed by atoms with Crippen molar-refractivity contribution in [3.63, 3.8) is 0 Å². The number of halogens is 1. The van der Waals surface area contributed by atoms with E-state index in [1.54, 1.807) is 12.1 Å². The molecule has 0 unspecified atom stereocenters. The zero-order valence-corrected chi connectivity index (χ0v) is 15.9. The molecule has 0 spiro atoms. The average molecular weight is 363 g/mol. The van der Waals surface area contributed by atoms with E-state index in [1.807, 2.05) is 18.2 Å². The topological polar surface area (TPSA) is 66.0 Å². The monoisotopic (exact) mass is 362 g/mol. The standard InChI is InChI=1S/C20H26N2O2.ClH/c1-4-5-12-22-20(23)18-13-16(21)8-11-19(18)24-17-9-6-15(7-10-17)14(2)3;/h6-11,13-14H,4-5,12,21H2,1-3H3,(H,22,23);1H. The van der Waals surface area contributed by atoms with E-state index in [4.69, 9.17) is 4.74 Å². The van der Waals surface area contributed by atoms with E-state index in [1.165, 1.54) is 5.56 Å². The highest BCUT2D eigenvalue weighted by Gasteiger charge is 2.14. The van der Waals surface area contributed by atoms with Gasteiger partial charge in [0.05, 0.1) is 5.56 Å². The summed E-state index contributed by atoms with van der Waals surface area (Å²) in [6.45, 7) is 7.07. The fourth-order valence-electron chi connectivity index (χ4n) is 2.37. The lowest BCUT2D eigenvalue weighted by molar-refractivity contribution is -0.254. The second-order valence-electron chi connectivity index (χ2n) is 6.27. The first-order chi connectivity index (χ1) is 11.5. The van der Waals surface area contributed by atoms with Crippen LogP contribution in [-0.2, 0) is 0 Å². The van der Waals surface area contributed by atoms with E-state index < -0.39 is 0 Å². The van der Waals surface area contributed by atoms with Gasteiger partial charge in [0.25, 0.3) is 5.91 Å². The van der Waals surface area contributed by atoms with Gasteiger partial charge < -0.3 is 28.2 Å². The van der Waals surface area contributed by atoms with Crippen LogP contribution in [0.5, 0.6) is 11.5 Å². The molecule has 136 valence electrons. The largest absolute Gasteiger partial charge is 1.00 e. The zero-order valence-electron chi connectivity index (χ0n) is 15.1. The first-order valence-corrected chi connectivity index (χ1v) is 8.53. The van der Waals surface area contributed by atoms with Crippen LogP contribution in [0.3, 0.4) is 0 Å². The molecule has 0 saturated carbocycles. The smallest absolute Gasteiger partial charge is 0.255 e. The minimum atomic E-state index is -0.122.